The van der Waals surface area contributed by atoms with Gasteiger partial charge in [-0.1, -0.05) is 13.0 Å². The number of carbonyl (C=O) groups excluding carboxylic acids is 1. The van der Waals surface area contributed by atoms with Crippen LogP contribution in [0.4, 0.5) is 0 Å². The Kier molecular flexibility index (Phi) is 2.95. The van der Waals surface area contributed by atoms with E-state index in [2.05, 4.69) is 6.58 Å². The molecular formula is C6H12N2O. The molecule has 0 spiro atoms. The van der Waals surface area contributed by atoms with Gasteiger partial charge in [0.15, 0.2) is 0 Å². The van der Waals surface area contributed by atoms with Crippen LogP contribution < -0.4 is 11.5 Å². The summed E-state index contributed by atoms with van der Waals surface area (Å²) in [6.07, 6.45) is 1.61. The molecule has 3 nitrogen and oxygen atoms in total. The monoisotopic (exact) mass is 128 g/mol. The van der Waals surface area contributed by atoms with Gasteiger partial charge in [-0.25, -0.2) is 0 Å². The largest absolute Gasteiger partial charge is 0.368 e. The number of rotatable bonds is 3. The molecule has 0 unspecified atom stereocenters. The van der Waals surface area contributed by atoms with Crippen LogP contribution in [0.5, 0.6) is 0 Å². The summed E-state index contributed by atoms with van der Waals surface area (Å²) in [5.41, 5.74) is 10.2. The lowest BCUT2D eigenvalue weighted by Gasteiger charge is -2.10. The molecule has 0 bridgehead atoms. The van der Waals surface area contributed by atoms with Gasteiger partial charge < -0.3 is 11.5 Å². The van der Waals surface area contributed by atoms with Crippen molar-refractivity contribution >= 4 is 5.91 Å². The number of primary amides is 1. The Bertz CT molecular complexity index is 122. The lowest BCUT2D eigenvalue weighted by Crippen LogP contribution is -2.40. The zero-order valence-corrected chi connectivity index (χ0v) is 5.50. The van der Waals surface area contributed by atoms with Crippen molar-refractivity contribution in [1.29, 1.82) is 0 Å². The van der Waals surface area contributed by atoms with Crippen LogP contribution in [0, 0.1) is 5.92 Å². The van der Waals surface area contributed by atoms with Crippen molar-refractivity contribution in [3.05, 3.63) is 12.7 Å². The zero-order valence-electron chi connectivity index (χ0n) is 5.50. The molecule has 2 atom stereocenters. The average Bonchev–Trinajstić information content (AvgIpc) is 1.84. The second-order valence-electron chi connectivity index (χ2n) is 2.02. The van der Waals surface area contributed by atoms with Gasteiger partial charge >= 0.3 is 0 Å². The molecule has 0 rings (SSSR count). The van der Waals surface area contributed by atoms with E-state index in [-0.39, 0.29) is 5.92 Å². The Hall–Kier alpha value is -0.830. The Balaban J connectivity index is 3.86. The standard InChI is InChI=1S/C6H12N2O/c1-3-4(2)5(7)6(8)9/h3-5H,1,7H2,2H3,(H2,8,9)/t4-,5+/m0/s1. The third-order valence-electron chi connectivity index (χ3n) is 1.27. The van der Waals surface area contributed by atoms with Crippen molar-refractivity contribution in [3.63, 3.8) is 0 Å². The molecule has 9 heavy (non-hydrogen) atoms. The minimum Gasteiger partial charge on any atom is -0.368 e. The van der Waals surface area contributed by atoms with Gasteiger partial charge in [0.25, 0.3) is 0 Å². The molecule has 4 N–H and O–H groups in total. The van der Waals surface area contributed by atoms with Gasteiger partial charge in [-0.05, 0) is 5.92 Å². The maximum absolute atomic E-state index is 10.3. The maximum atomic E-state index is 10.3. The van der Waals surface area contributed by atoms with Gasteiger partial charge in [-0.2, -0.15) is 0 Å². The van der Waals surface area contributed by atoms with Crippen LogP contribution in [0.1, 0.15) is 6.92 Å². The van der Waals surface area contributed by atoms with Gasteiger partial charge in [-0.15, -0.1) is 6.58 Å². The van der Waals surface area contributed by atoms with Gasteiger partial charge in [0.05, 0.1) is 6.04 Å². The molecule has 0 aliphatic carbocycles. The summed E-state index contributed by atoms with van der Waals surface area (Å²) in [6.45, 7) is 5.27. The van der Waals surface area contributed by atoms with Crippen molar-refractivity contribution in [2.24, 2.45) is 17.4 Å². The van der Waals surface area contributed by atoms with E-state index in [4.69, 9.17) is 11.5 Å². The SMILES string of the molecule is C=C[C@H](C)[C@@H](N)C(N)=O. The topological polar surface area (TPSA) is 69.1 Å². The lowest BCUT2D eigenvalue weighted by molar-refractivity contribution is -0.119. The number of nitrogens with two attached hydrogens (primary N) is 2. The highest BCUT2D eigenvalue weighted by molar-refractivity contribution is 5.80. The van der Waals surface area contributed by atoms with Crippen LogP contribution in [0.2, 0.25) is 0 Å². The molecule has 0 aromatic rings. The molecular weight excluding hydrogens is 116 g/mol. The van der Waals surface area contributed by atoms with E-state index in [0.29, 0.717) is 0 Å². The van der Waals surface area contributed by atoms with Crippen molar-refractivity contribution in [2.75, 3.05) is 0 Å². The van der Waals surface area contributed by atoms with Crippen molar-refractivity contribution < 1.29 is 4.79 Å². The molecule has 0 aromatic heterocycles. The fourth-order valence-electron chi connectivity index (χ4n) is 0.406. The Morgan fingerprint density at radius 2 is 2.22 bits per heavy atom. The summed E-state index contributed by atoms with van der Waals surface area (Å²) in [5, 5.41) is 0. The van der Waals surface area contributed by atoms with E-state index in [1.807, 2.05) is 0 Å². The summed E-state index contributed by atoms with van der Waals surface area (Å²) in [5.74, 6) is -0.523. The Labute approximate surface area is 54.7 Å². The molecule has 0 saturated carbocycles. The van der Waals surface area contributed by atoms with Crippen LogP contribution in [0.3, 0.4) is 0 Å². The summed E-state index contributed by atoms with van der Waals surface area (Å²) in [7, 11) is 0. The minimum atomic E-state index is -0.595. The van der Waals surface area contributed by atoms with E-state index in [9.17, 15) is 4.79 Å². The quantitative estimate of drug-likeness (QED) is 0.509. The zero-order chi connectivity index (χ0) is 7.44. The van der Waals surface area contributed by atoms with E-state index >= 15 is 0 Å². The summed E-state index contributed by atoms with van der Waals surface area (Å²) >= 11 is 0. The molecule has 0 radical (unpaired) electrons. The van der Waals surface area contributed by atoms with Gasteiger partial charge in [0.2, 0.25) is 5.91 Å². The highest BCUT2D eigenvalue weighted by Gasteiger charge is 2.13. The molecule has 0 aliphatic heterocycles. The molecule has 0 saturated heterocycles. The smallest absolute Gasteiger partial charge is 0.234 e. The molecule has 3 heteroatoms. The van der Waals surface area contributed by atoms with Crippen molar-refractivity contribution in [1.82, 2.24) is 0 Å². The normalized spacial score (nSPS) is 16.2. The lowest BCUT2D eigenvalue weighted by atomic mass is 10.0. The first kappa shape index (κ1) is 8.17. The van der Waals surface area contributed by atoms with Gasteiger partial charge in [0.1, 0.15) is 0 Å². The van der Waals surface area contributed by atoms with Gasteiger partial charge in [-0.3, -0.25) is 4.79 Å². The first-order chi connectivity index (χ1) is 4.09. The molecule has 0 aliphatic rings. The highest BCUT2D eigenvalue weighted by atomic mass is 16.1. The van der Waals surface area contributed by atoms with E-state index < -0.39 is 11.9 Å². The summed E-state index contributed by atoms with van der Waals surface area (Å²) < 4.78 is 0. The van der Waals surface area contributed by atoms with Crippen molar-refractivity contribution in [2.45, 2.75) is 13.0 Å². The average molecular weight is 128 g/mol. The minimum absolute atomic E-state index is 0.0394. The maximum Gasteiger partial charge on any atom is 0.234 e. The number of hydrogen-bond donors (Lipinski definition) is 2. The molecule has 1 amide bonds. The molecule has 0 heterocycles. The number of hydrogen-bond acceptors (Lipinski definition) is 2. The Morgan fingerprint density at radius 1 is 1.78 bits per heavy atom. The van der Waals surface area contributed by atoms with E-state index in [0.717, 1.165) is 0 Å². The van der Waals surface area contributed by atoms with Crippen molar-refractivity contribution in [3.8, 4) is 0 Å². The third-order valence-corrected chi connectivity index (χ3v) is 1.27. The summed E-state index contributed by atoms with van der Waals surface area (Å²) in [4.78, 5) is 10.3. The fraction of sp³-hybridized carbons (Fsp3) is 0.500. The van der Waals surface area contributed by atoms with Crippen LogP contribution in [-0.2, 0) is 4.79 Å². The Morgan fingerprint density at radius 3 is 2.33 bits per heavy atom. The van der Waals surface area contributed by atoms with Gasteiger partial charge in [0, 0.05) is 0 Å². The van der Waals surface area contributed by atoms with Crippen LogP contribution in [0.25, 0.3) is 0 Å². The molecule has 52 valence electrons. The fourth-order valence-corrected chi connectivity index (χ4v) is 0.406. The second kappa shape index (κ2) is 3.25. The third kappa shape index (κ3) is 2.28. The predicted octanol–water partition coefficient (Wildman–Crippen LogP) is -0.379. The molecule has 0 aromatic carbocycles. The van der Waals surface area contributed by atoms with E-state index in [1.165, 1.54) is 0 Å². The second-order valence-corrected chi connectivity index (χ2v) is 2.02. The first-order valence-corrected chi connectivity index (χ1v) is 2.77. The van der Waals surface area contributed by atoms with Crippen LogP contribution in [-0.4, -0.2) is 11.9 Å². The van der Waals surface area contributed by atoms with E-state index in [1.54, 1.807) is 13.0 Å². The predicted molar refractivity (Wildman–Crippen MR) is 36.5 cm³/mol. The first-order valence-electron chi connectivity index (χ1n) is 2.77. The number of carbonyl (C=O) groups is 1. The van der Waals surface area contributed by atoms with Crippen LogP contribution >= 0.6 is 0 Å². The summed E-state index contributed by atoms with van der Waals surface area (Å²) in [6, 6.07) is -0.595. The van der Waals surface area contributed by atoms with Crippen LogP contribution in [0.15, 0.2) is 12.7 Å². The number of amides is 1. The highest BCUT2D eigenvalue weighted by Crippen LogP contribution is 1.98. The molecule has 0 fully saturated rings.